The van der Waals surface area contributed by atoms with E-state index in [-0.39, 0.29) is 15.8 Å². The van der Waals surface area contributed by atoms with E-state index in [1.165, 1.54) is 22.0 Å². The number of benzene rings is 3. The first-order valence-electron chi connectivity index (χ1n) is 13.1. The summed E-state index contributed by atoms with van der Waals surface area (Å²) in [6, 6.07) is 22.5. The van der Waals surface area contributed by atoms with Crippen LogP contribution in [0, 0.1) is 0 Å². The molecule has 5 rings (SSSR count). The number of halogens is 1. The molecule has 9 heteroatoms. The number of carbonyl (C=O) groups excluding carboxylic acids is 1. The van der Waals surface area contributed by atoms with E-state index >= 15 is 0 Å². The topological polar surface area (TPSA) is 82.6 Å². The van der Waals surface area contributed by atoms with Crippen molar-refractivity contribution in [2.45, 2.75) is 38.3 Å². The lowest BCUT2D eigenvalue weighted by Crippen LogP contribution is -2.33. The SMILES string of the molecule is CCN(CC)S(=O)(=O)c1cc(NC(=O)c2c3c(nc4ccccc24)CCN(Cc2ccccc2)C3)ccc1Cl. The van der Waals surface area contributed by atoms with Crippen LogP contribution in [0.2, 0.25) is 5.02 Å². The summed E-state index contributed by atoms with van der Waals surface area (Å²) in [6.07, 6.45) is 0.737. The molecule has 4 aromatic rings. The molecule has 0 aliphatic carbocycles. The lowest BCUT2D eigenvalue weighted by molar-refractivity contribution is 0.102. The van der Waals surface area contributed by atoms with Crippen molar-refractivity contribution in [2.75, 3.05) is 25.0 Å². The molecule has 39 heavy (non-hydrogen) atoms. The minimum absolute atomic E-state index is 0.0266. The van der Waals surface area contributed by atoms with Crippen LogP contribution in [0.4, 0.5) is 5.69 Å². The van der Waals surface area contributed by atoms with Crippen molar-refractivity contribution in [1.29, 1.82) is 0 Å². The maximum Gasteiger partial charge on any atom is 0.256 e. The van der Waals surface area contributed by atoms with E-state index in [4.69, 9.17) is 16.6 Å². The van der Waals surface area contributed by atoms with Crippen LogP contribution in [0.3, 0.4) is 0 Å². The largest absolute Gasteiger partial charge is 0.322 e. The summed E-state index contributed by atoms with van der Waals surface area (Å²) in [7, 11) is -3.81. The normalized spacial score (nSPS) is 13.9. The van der Waals surface area contributed by atoms with Gasteiger partial charge in [0.25, 0.3) is 5.91 Å². The minimum Gasteiger partial charge on any atom is -0.322 e. The van der Waals surface area contributed by atoms with Crippen molar-refractivity contribution in [3.8, 4) is 0 Å². The van der Waals surface area contributed by atoms with Gasteiger partial charge in [-0.15, -0.1) is 0 Å². The number of rotatable bonds is 8. The molecule has 0 radical (unpaired) electrons. The van der Waals surface area contributed by atoms with Crippen molar-refractivity contribution in [3.05, 3.63) is 100 Å². The van der Waals surface area contributed by atoms with E-state index < -0.39 is 10.0 Å². The van der Waals surface area contributed by atoms with Crippen LogP contribution in [0.15, 0.2) is 77.7 Å². The summed E-state index contributed by atoms with van der Waals surface area (Å²) in [4.78, 5) is 21.1. The monoisotopic (exact) mass is 562 g/mol. The van der Waals surface area contributed by atoms with E-state index in [1.54, 1.807) is 19.9 Å². The van der Waals surface area contributed by atoms with Crippen molar-refractivity contribution < 1.29 is 13.2 Å². The second-order valence-electron chi connectivity index (χ2n) is 9.56. The third-order valence-corrected chi connectivity index (χ3v) is 9.65. The molecule has 0 bridgehead atoms. The Kier molecular flexibility index (Phi) is 8.00. The van der Waals surface area contributed by atoms with Gasteiger partial charge in [-0.05, 0) is 29.8 Å². The van der Waals surface area contributed by atoms with E-state index in [0.29, 0.717) is 30.9 Å². The highest BCUT2D eigenvalue weighted by molar-refractivity contribution is 7.89. The Balaban J connectivity index is 1.51. The molecular formula is C30H31ClN4O3S. The lowest BCUT2D eigenvalue weighted by atomic mass is 9.95. The van der Waals surface area contributed by atoms with Crippen LogP contribution in [-0.4, -0.2) is 48.1 Å². The van der Waals surface area contributed by atoms with Gasteiger partial charge in [0.15, 0.2) is 0 Å². The highest BCUT2D eigenvalue weighted by atomic mass is 35.5. The second-order valence-corrected chi connectivity index (χ2v) is 11.9. The van der Waals surface area contributed by atoms with E-state index in [1.807, 2.05) is 42.5 Å². The summed E-state index contributed by atoms with van der Waals surface area (Å²) in [5, 5.41) is 3.83. The molecule has 2 heterocycles. The molecule has 0 saturated heterocycles. The van der Waals surface area contributed by atoms with Gasteiger partial charge in [-0.3, -0.25) is 14.7 Å². The van der Waals surface area contributed by atoms with Crippen LogP contribution in [0.1, 0.15) is 41.0 Å². The van der Waals surface area contributed by atoms with Gasteiger partial charge in [-0.1, -0.05) is 74.0 Å². The second kappa shape index (κ2) is 11.4. The molecule has 1 N–H and O–H groups in total. The van der Waals surface area contributed by atoms with Gasteiger partial charge in [0.1, 0.15) is 4.90 Å². The fourth-order valence-electron chi connectivity index (χ4n) is 5.16. The van der Waals surface area contributed by atoms with Gasteiger partial charge in [-0.2, -0.15) is 4.31 Å². The maximum atomic E-state index is 13.9. The number of carbonyl (C=O) groups is 1. The molecule has 3 aromatic carbocycles. The molecule has 0 fully saturated rings. The van der Waals surface area contributed by atoms with Gasteiger partial charge >= 0.3 is 0 Å². The Bertz CT molecular complexity index is 1620. The number of amides is 1. The molecule has 202 valence electrons. The number of hydrogen-bond donors (Lipinski definition) is 1. The fraction of sp³-hybridized carbons (Fsp3) is 0.267. The molecule has 1 amide bonds. The standard InChI is InChI=1S/C30H31ClN4O3S/c1-3-35(4-2)39(37,38)28-18-22(14-15-25(28)31)32-30(36)29-23-12-8-9-13-26(23)33-27-16-17-34(20-24(27)29)19-21-10-6-5-7-11-21/h5-15,18H,3-4,16-17,19-20H2,1-2H3,(H,32,36). The Morgan fingerprint density at radius 2 is 1.74 bits per heavy atom. The first kappa shape index (κ1) is 27.3. The number of para-hydroxylation sites is 1. The maximum absolute atomic E-state index is 13.9. The number of aromatic nitrogens is 1. The number of anilines is 1. The van der Waals surface area contributed by atoms with Crippen LogP contribution >= 0.6 is 11.6 Å². The summed E-state index contributed by atoms with van der Waals surface area (Å²) in [6.45, 7) is 6.41. The Labute approximate surface area is 234 Å². The predicted octanol–water partition coefficient (Wildman–Crippen LogP) is 5.73. The highest BCUT2D eigenvalue weighted by Crippen LogP contribution is 2.31. The van der Waals surface area contributed by atoms with Crippen molar-refractivity contribution >= 4 is 44.1 Å². The van der Waals surface area contributed by atoms with Gasteiger partial charge in [0.05, 0.1) is 16.1 Å². The van der Waals surface area contributed by atoms with E-state index in [9.17, 15) is 13.2 Å². The van der Waals surface area contributed by atoms with Crippen molar-refractivity contribution in [2.24, 2.45) is 0 Å². The van der Waals surface area contributed by atoms with Crippen LogP contribution < -0.4 is 5.32 Å². The molecule has 0 unspecified atom stereocenters. The average molecular weight is 563 g/mol. The van der Waals surface area contributed by atoms with Crippen LogP contribution in [0.25, 0.3) is 10.9 Å². The molecule has 1 aliphatic heterocycles. The molecule has 0 spiro atoms. The predicted molar refractivity (Wildman–Crippen MR) is 156 cm³/mol. The van der Waals surface area contributed by atoms with Crippen LogP contribution in [-0.2, 0) is 29.5 Å². The zero-order chi connectivity index (χ0) is 27.6. The van der Waals surface area contributed by atoms with E-state index in [0.717, 1.165) is 41.7 Å². The van der Waals surface area contributed by atoms with Crippen molar-refractivity contribution in [1.82, 2.24) is 14.2 Å². The minimum atomic E-state index is -3.81. The number of nitrogens with zero attached hydrogens (tertiary/aromatic N) is 3. The molecule has 0 atom stereocenters. The van der Waals surface area contributed by atoms with Gasteiger partial charge in [0.2, 0.25) is 10.0 Å². The number of pyridine rings is 1. The number of hydrogen-bond acceptors (Lipinski definition) is 5. The first-order valence-corrected chi connectivity index (χ1v) is 14.9. The Morgan fingerprint density at radius 3 is 2.49 bits per heavy atom. The summed E-state index contributed by atoms with van der Waals surface area (Å²) >= 11 is 6.32. The zero-order valence-corrected chi connectivity index (χ0v) is 23.6. The molecular weight excluding hydrogens is 532 g/mol. The summed E-state index contributed by atoms with van der Waals surface area (Å²) < 4.78 is 27.7. The smallest absolute Gasteiger partial charge is 0.256 e. The third kappa shape index (κ3) is 5.56. The zero-order valence-electron chi connectivity index (χ0n) is 22.0. The molecule has 1 aromatic heterocycles. The highest BCUT2D eigenvalue weighted by Gasteiger charge is 2.28. The Morgan fingerprint density at radius 1 is 1.03 bits per heavy atom. The quantitative estimate of drug-likeness (QED) is 0.296. The number of nitrogens with one attached hydrogen (secondary N) is 1. The van der Waals surface area contributed by atoms with E-state index in [2.05, 4.69) is 22.3 Å². The third-order valence-electron chi connectivity index (χ3n) is 7.11. The lowest BCUT2D eigenvalue weighted by Gasteiger charge is -2.30. The summed E-state index contributed by atoms with van der Waals surface area (Å²) in [5.74, 6) is -0.306. The number of fused-ring (bicyclic) bond motifs is 2. The molecule has 7 nitrogen and oxygen atoms in total. The fourth-order valence-corrected chi connectivity index (χ4v) is 7.12. The number of sulfonamides is 1. The van der Waals surface area contributed by atoms with Gasteiger partial charge < -0.3 is 5.32 Å². The average Bonchev–Trinajstić information content (AvgIpc) is 2.93. The Hall–Kier alpha value is -3.30. The van der Waals surface area contributed by atoms with Crippen molar-refractivity contribution in [3.63, 3.8) is 0 Å². The van der Waals surface area contributed by atoms with Crippen LogP contribution in [0.5, 0.6) is 0 Å². The summed E-state index contributed by atoms with van der Waals surface area (Å²) in [5.41, 5.74) is 4.73. The first-order chi connectivity index (χ1) is 18.8. The molecule has 0 saturated carbocycles. The molecule has 1 aliphatic rings. The van der Waals surface area contributed by atoms with Gasteiger partial charge in [0, 0.05) is 61.5 Å². The van der Waals surface area contributed by atoms with Gasteiger partial charge in [-0.25, -0.2) is 8.42 Å².